The molecule has 3 aliphatic rings. The van der Waals surface area contributed by atoms with E-state index in [1.165, 1.54) is 6.08 Å². The molecule has 0 aromatic rings. The molecule has 0 aromatic carbocycles. The van der Waals surface area contributed by atoms with E-state index in [0.29, 0.717) is 18.5 Å². The Labute approximate surface area is 150 Å². The van der Waals surface area contributed by atoms with Gasteiger partial charge in [0.15, 0.2) is 0 Å². The van der Waals surface area contributed by atoms with Gasteiger partial charge in [0.1, 0.15) is 0 Å². The fourth-order valence-corrected chi connectivity index (χ4v) is 3.99. The monoisotopic (exact) mass is 380 g/mol. The van der Waals surface area contributed by atoms with E-state index in [0.717, 1.165) is 0 Å². The van der Waals surface area contributed by atoms with Gasteiger partial charge >= 0.3 is 150 Å². The third-order valence-corrected chi connectivity index (χ3v) is 5.19. The van der Waals surface area contributed by atoms with Crippen LogP contribution in [-0.2, 0) is 14.1 Å². The van der Waals surface area contributed by atoms with Crippen LogP contribution in [0.5, 0.6) is 0 Å². The number of cyclic esters (lactones) is 1. The maximum atomic E-state index is 14.2. The fraction of sp³-hybridized carbons (Fsp3) is 0.471. The Kier molecular flexibility index (Phi) is 5.58. The molecule has 7 nitrogen and oxygen atoms in total. The van der Waals surface area contributed by atoms with Crippen molar-refractivity contribution in [2.24, 2.45) is 5.41 Å². The minimum absolute atomic E-state index is 0.0301. The van der Waals surface area contributed by atoms with Gasteiger partial charge in [-0.15, -0.1) is 0 Å². The number of alkyl carbamates (subject to hydrolysis) is 1. The number of halogens is 1. The van der Waals surface area contributed by atoms with Crippen LogP contribution in [0, 0.1) is 11.0 Å². The van der Waals surface area contributed by atoms with E-state index in [1.54, 1.807) is 12.2 Å². The summed E-state index contributed by atoms with van der Waals surface area (Å²) < 4.78 is 29.8. The standard InChI is InChI=1S/C17H18FN2O5P/c18-10-2-1-5-17(8-10,13-9-25-16(23)20-13)11-3-6-19-15(22)14(11)12(21)4-7-26-24/h1-2,5,13,15,19,22H,3-4,6,8-9H2,(H,20,23)/t13?,15-,17?/m0/s1. The summed E-state index contributed by atoms with van der Waals surface area (Å²) in [6.07, 6.45) is 2.88. The molecule has 3 atom stereocenters. The van der Waals surface area contributed by atoms with E-state index in [1.807, 2.05) is 0 Å². The Morgan fingerprint density at radius 2 is 2.35 bits per heavy atom. The molecule has 0 bridgehead atoms. The van der Waals surface area contributed by atoms with Crippen molar-refractivity contribution < 1.29 is 28.4 Å². The van der Waals surface area contributed by atoms with Crippen LogP contribution in [0.3, 0.4) is 0 Å². The number of allylic oxidation sites excluding steroid dienone is 3. The van der Waals surface area contributed by atoms with E-state index >= 15 is 0 Å². The first-order valence-corrected chi connectivity index (χ1v) is 9.00. The molecule has 26 heavy (non-hydrogen) atoms. The first-order valence-electron chi connectivity index (χ1n) is 8.18. The quantitative estimate of drug-likeness (QED) is 0.642. The number of amides is 1. The number of carbonyl (C=O) groups excluding carboxylic acids is 2. The van der Waals surface area contributed by atoms with Gasteiger partial charge in [-0.25, -0.2) is 0 Å². The third-order valence-electron chi connectivity index (χ3n) is 4.90. The SMILES string of the molecule is O=P#CCC(=O)C1=C(C2(C3COC(=O)N3)C=CC=C(F)C2)CCN[C@H]1O. The first kappa shape index (κ1) is 18.8. The number of ketones is 1. The molecule has 9 heteroatoms. The number of aliphatic hydroxyl groups is 1. The van der Waals surface area contributed by atoms with Crippen molar-refractivity contribution in [1.29, 1.82) is 0 Å². The fourth-order valence-electron chi connectivity index (χ4n) is 3.78. The molecular formula is C17H18FN2O5P. The predicted molar refractivity (Wildman–Crippen MR) is 90.4 cm³/mol. The summed E-state index contributed by atoms with van der Waals surface area (Å²) in [4.78, 5) is 24.2. The predicted octanol–water partition coefficient (Wildman–Crippen LogP) is 1.71. The van der Waals surface area contributed by atoms with Crippen molar-refractivity contribution in [3.63, 3.8) is 0 Å². The number of rotatable bonds is 4. The molecular weight excluding hydrogens is 362 g/mol. The van der Waals surface area contributed by atoms with Crippen LogP contribution >= 0.6 is 7.92 Å². The summed E-state index contributed by atoms with van der Waals surface area (Å²) in [6, 6.07) is -0.570. The molecule has 1 amide bonds. The minimum atomic E-state index is -1.23. The first-order chi connectivity index (χ1) is 12.5. The maximum absolute atomic E-state index is 14.2. The van der Waals surface area contributed by atoms with Crippen LogP contribution in [0.15, 0.2) is 35.2 Å². The van der Waals surface area contributed by atoms with Gasteiger partial charge in [0.25, 0.3) is 0 Å². The normalized spacial score (nSPS) is 31.0. The van der Waals surface area contributed by atoms with Crippen molar-refractivity contribution >= 4 is 19.8 Å². The zero-order valence-corrected chi connectivity index (χ0v) is 14.7. The van der Waals surface area contributed by atoms with Gasteiger partial charge in [0.2, 0.25) is 0 Å². The number of hydrogen-bond acceptors (Lipinski definition) is 6. The van der Waals surface area contributed by atoms with Gasteiger partial charge in [-0.05, 0) is 0 Å². The van der Waals surface area contributed by atoms with Crippen molar-refractivity contribution in [2.75, 3.05) is 13.2 Å². The summed E-state index contributed by atoms with van der Waals surface area (Å²) in [5.74, 6) is -0.840. The van der Waals surface area contributed by atoms with E-state index in [9.17, 15) is 23.7 Å². The molecule has 0 spiro atoms. The molecule has 1 fully saturated rings. The Hall–Kier alpha value is -1.98. The van der Waals surface area contributed by atoms with Crippen LogP contribution in [0.25, 0.3) is 0 Å². The third kappa shape index (κ3) is 3.46. The van der Waals surface area contributed by atoms with Gasteiger partial charge in [-0.2, -0.15) is 0 Å². The van der Waals surface area contributed by atoms with Crippen LogP contribution in [0.2, 0.25) is 0 Å². The Balaban J connectivity index is 2.13. The zero-order valence-electron chi connectivity index (χ0n) is 13.8. The molecule has 3 N–H and O–H groups in total. The molecule has 138 valence electrons. The molecule has 1 saturated heterocycles. The number of hydrogen-bond donors (Lipinski definition) is 3. The molecule has 2 aliphatic heterocycles. The number of carbonyl (C=O) groups is 2. The zero-order chi connectivity index (χ0) is 18.7. The van der Waals surface area contributed by atoms with Crippen molar-refractivity contribution in [2.45, 2.75) is 31.5 Å². The topological polar surface area (TPSA) is 105 Å². The van der Waals surface area contributed by atoms with E-state index in [4.69, 9.17) is 4.74 Å². The van der Waals surface area contributed by atoms with Gasteiger partial charge in [-0.3, -0.25) is 0 Å². The second-order valence-electron chi connectivity index (χ2n) is 6.33. The van der Waals surface area contributed by atoms with Gasteiger partial charge in [0, 0.05) is 0 Å². The van der Waals surface area contributed by atoms with E-state index < -0.39 is 43.3 Å². The van der Waals surface area contributed by atoms with Gasteiger partial charge < -0.3 is 0 Å². The molecule has 3 rings (SSSR count). The Morgan fingerprint density at radius 3 is 3.00 bits per heavy atom. The van der Waals surface area contributed by atoms with Crippen LogP contribution < -0.4 is 10.6 Å². The Bertz CT molecular complexity index is 831. The molecule has 2 unspecified atom stereocenters. The van der Waals surface area contributed by atoms with E-state index in [2.05, 4.69) is 16.3 Å². The molecule has 2 heterocycles. The number of aliphatic hydroxyl groups excluding tert-OH is 1. The average molecular weight is 380 g/mol. The summed E-state index contributed by atoms with van der Waals surface area (Å²) >= 11 is 0. The van der Waals surface area contributed by atoms with Gasteiger partial charge in [-0.1, -0.05) is 0 Å². The second-order valence-corrected chi connectivity index (χ2v) is 6.83. The average Bonchev–Trinajstić information content (AvgIpc) is 3.06. The number of ether oxygens (including phenoxy) is 1. The molecule has 1 aliphatic carbocycles. The molecule has 0 saturated carbocycles. The van der Waals surface area contributed by atoms with Crippen LogP contribution in [0.1, 0.15) is 19.3 Å². The van der Waals surface area contributed by atoms with Crippen LogP contribution in [-0.4, -0.2) is 42.4 Å². The number of nitrogens with one attached hydrogen (secondary N) is 2. The summed E-state index contributed by atoms with van der Waals surface area (Å²) in [7, 11) is -0.404. The van der Waals surface area contributed by atoms with Crippen molar-refractivity contribution in [3.05, 3.63) is 35.2 Å². The van der Waals surface area contributed by atoms with Crippen molar-refractivity contribution in [1.82, 2.24) is 10.6 Å². The van der Waals surface area contributed by atoms with E-state index in [-0.39, 0.29) is 25.0 Å². The van der Waals surface area contributed by atoms with Crippen LogP contribution in [0.4, 0.5) is 9.18 Å². The van der Waals surface area contributed by atoms with Gasteiger partial charge in [0.05, 0.1) is 0 Å². The van der Waals surface area contributed by atoms with Crippen molar-refractivity contribution in [3.8, 4) is 5.63 Å². The number of Topliss-reactive ketones (excluding diaryl/α,β-unsaturated/α-hetero) is 1. The summed E-state index contributed by atoms with van der Waals surface area (Å²) in [5.41, 5.74) is 2.02. The Morgan fingerprint density at radius 1 is 1.54 bits per heavy atom. The summed E-state index contributed by atoms with van der Waals surface area (Å²) in [5, 5.41) is 15.8. The molecule has 0 radical (unpaired) electrons. The summed E-state index contributed by atoms with van der Waals surface area (Å²) in [6.45, 7) is 0.422. The second kappa shape index (κ2) is 7.72. The molecule has 0 aromatic heterocycles.